The van der Waals surface area contributed by atoms with Crippen LogP contribution < -0.4 is 24.4 Å². The van der Waals surface area contributed by atoms with Crippen LogP contribution >= 0.6 is 38.6 Å². The number of aromatic nitrogens is 1. The van der Waals surface area contributed by atoms with Crippen LogP contribution in [-0.4, -0.2) is 30.9 Å². The fourth-order valence-corrected chi connectivity index (χ4v) is 6.43. The number of halogens is 1. The molecule has 1 aliphatic rings. The number of nitrogens with zero attached hydrogens (tertiary/aromatic N) is 2. The second-order valence-corrected chi connectivity index (χ2v) is 10.5. The standard InChI is InChI=1S/C25H25BrN2O5S2/c1-6-32-18-11-16(26)15(10-17(18)31-5)22-21(24(30)33-7-2)14(4)27-25-28(22)23(29)20(35-25)12-19-13(3)8-9-34-19/h8-12,22H,6-7H2,1-5H3/b20-12+/t22-/m0/s1. The molecule has 3 aromatic rings. The average Bonchev–Trinajstić information content (AvgIpc) is 3.36. The van der Waals surface area contributed by atoms with E-state index in [1.54, 1.807) is 49.0 Å². The Kier molecular flexibility index (Phi) is 7.63. The number of carbonyl (C=O) groups excluding carboxylic acids is 1. The summed E-state index contributed by atoms with van der Waals surface area (Å²) in [5.41, 5.74) is 2.36. The first-order valence-corrected chi connectivity index (χ1v) is 13.5. The van der Waals surface area contributed by atoms with Gasteiger partial charge in [-0.15, -0.1) is 11.3 Å². The number of esters is 1. The van der Waals surface area contributed by atoms with Crippen molar-refractivity contribution < 1.29 is 19.0 Å². The zero-order valence-corrected chi connectivity index (χ0v) is 23.2. The molecule has 184 valence electrons. The molecule has 0 saturated carbocycles. The van der Waals surface area contributed by atoms with Crippen molar-refractivity contribution in [3.8, 4) is 11.5 Å². The number of methoxy groups -OCH3 is 1. The van der Waals surface area contributed by atoms with Gasteiger partial charge in [-0.2, -0.15) is 0 Å². The first-order valence-electron chi connectivity index (χ1n) is 11.0. The van der Waals surface area contributed by atoms with Gasteiger partial charge in [0.05, 0.1) is 42.2 Å². The molecule has 0 aliphatic carbocycles. The van der Waals surface area contributed by atoms with E-state index in [4.69, 9.17) is 14.2 Å². The lowest BCUT2D eigenvalue weighted by Gasteiger charge is -2.26. The van der Waals surface area contributed by atoms with Crippen molar-refractivity contribution in [2.24, 2.45) is 4.99 Å². The Bertz CT molecular complexity index is 1500. The summed E-state index contributed by atoms with van der Waals surface area (Å²) in [6, 6.07) is 4.84. The number of thiazole rings is 1. The Hall–Kier alpha value is -2.69. The summed E-state index contributed by atoms with van der Waals surface area (Å²) in [6.45, 7) is 8.08. The summed E-state index contributed by atoms with van der Waals surface area (Å²) in [5, 5.41) is 1.99. The number of hydrogen-bond donors (Lipinski definition) is 0. The van der Waals surface area contributed by atoms with Crippen LogP contribution in [0.2, 0.25) is 0 Å². The van der Waals surface area contributed by atoms with Crippen LogP contribution in [0.4, 0.5) is 0 Å². The molecule has 0 unspecified atom stereocenters. The van der Waals surface area contributed by atoms with E-state index in [1.807, 2.05) is 31.4 Å². The molecule has 3 heterocycles. The van der Waals surface area contributed by atoms with Crippen LogP contribution in [0.25, 0.3) is 6.08 Å². The fraction of sp³-hybridized carbons (Fsp3) is 0.320. The van der Waals surface area contributed by atoms with Crippen LogP contribution in [0.3, 0.4) is 0 Å². The molecule has 0 radical (unpaired) electrons. The molecular formula is C25H25BrN2O5S2. The van der Waals surface area contributed by atoms with Crippen molar-refractivity contribution in [3.63, 3.8) is 0 Å². The van der Waals surface area contributed by atoms with Crippen LogP contribution in [0.15, 0.2) is 49.1 Å². The van der Waals surface area contributed by atoms with E-state index in [9.17, 15) is 9.59 Å². The molecule has 7 nitrogen and oxygen atoms in total. The molecular weight excluding hydrogens is 552 g/mol. The predicted octanol–water partition coefficient (Wildman–Crippen LogP) is 4.34. The van der Waals surface area contributed by atoms with Gasteiger partial charge in [-0.25, -0.2) is 9.79 Å². The van der Waals surface area contributed by atoms with Crippen molar-refractivity contribution in [2.75, 3.05) is 20.3 Å². The molecule has 1 aliphatic heterocycles. The number of ether oxygens (including phenoxy) is 3. The minimum Gasteiger partial charge on any atom is -0.493 e. The van der Waals surface area contributed by atoms with Crippen molar-refractivity contribution in [1.29, 1.82) is 0 Å². The van der Waals surface area contributed by atoms with Gasteiger partial charge in [0, 0.05) is 9.35 Å². The maximum Gasteiger partial charge on any atom is 0.338 e. The minimum atomic E-state index is -0.754. The van der Waals surface area contributed by atoms with Crippen molar-refractivity contribution in [3.05, 3.63) is 75.0 Å². The van der Waals surface area contributed by atoms with E-state index < -0.39 is 12.0 Å². The van der Waals surface area contributed by atoms with E-state index in [0.29, 0.717) is 48.7 Å². The Morgan fingerprint density at radius 1 is 1.23 bits per heavy atom. The maximum absolute atomic E-state index is 13.7. The molecule has 4 rings (SSSR count). The van der Waals surface area contributed by atoms with Gasteiger partial charge in [-0.1, -0.05) is 27.3 Å². The third kappa shape index (κ3) is 4.74. The van der Waals surface area contributed by atoms with Gasteiger partial charge in [-0.3, -0.25) is 9.36 Å². The highest BCUT2D eigenvalue weighted by Crippen LogP contribution is 2.41. The van der Waals surface area contributed by atoms with E-state index in [0.717, 1.165) is 10.4 Å². The van der Waals surface area contributed by atoms with Gasteiger partial charge < -0.3 is 14.2 Å². The molecule has 10 heteroatoms. The Morgan fingerprint density at radius 3 is 2.63 bits per heavy atom. The number of hydrogen-bond acceptors (Lipinski definition) is 8. The molecule has 0 bridgehead atoms. The highest BCUT2D eigenvalue weighted by molar-refractivity contribution is 9.10. The van der Waals surface area contributed by atoms with Gasteiger partial charge in [0.15, 0.2) is 16.3 Å². The SMILES string of the molecule is CCOC(=O)C1=C(C)N=c2s/c(=C/c3sccc3C)c(=O)n2[C@H]1c1cc(OC)c(OCC)cc1Br. The lowest BCUT2D eigenvalue weighted by Crippen LogP contribution is -2.40. The number of rotatable bonds is 7. The summed E-state index contributed by atoms with van der Waals surface area (Å²) in [4.78, 5) is 33.0. The monoisotopic (exact) mass is 576 g/mol. The molecule has 0 fully saturated rings. The third-order valence-corrected chi connectivity index (χ3v) is 8.19. The second-order valence-electron chi connectivity index (χ2n) is 7.73. The Labute approximate surface area is 219 Å². The highest BCUT2D eigenvalue weighted by atomic mass is 79.9. The minimum absolute atomic E-state index is 0.207. The number of thiophene rings is 1. The van der Waals surface area contributed by atoms with Gasteiger partial charge in [-0.05, 0) is 68.5 Å². The van der Waals surface area contributed by atoms with Crippen LogP contribution in [-0.2, 0) is 9.53 Å². The van der Waals surface area contributed by atoms with Crippen LogP contribution in [0.5, 0.6) is 11.5 Å². The lowest BCUT2D eigenvalue weighted by atomic mass is 9.95. The Balaban J connectivity index is 2.01. The summed E-state index contributed by atoms with van der Waals surface area (Å²) in [5.74, 6) is 0.547. The number of benzene rings is 1. The molecule has 0 amide bonds. The number of aryl methyl sites for hydroxylation is 1. The maximum atomic E-state index is 13.7. The van der Waals surface area contributed by atoms with Gasteiger partial charge >= 0.3 is 5.97 Å². The summed E-state index contributed by atoms with van der Waals surface area (Å²) >= 11 is 6.51. The van der Waals surface area contributed by atoms with Gasteiger partial charge in [0.25, 0.3) is 5.56 Å². The third-order valence-electron chi connectivity index (χ3n) is 5.56. The van der Waals surface area contributed by atoms with Crippen LogP contribution in [0.1, 0.15) is 42.8 Å². The molecule has 0 saturated heterocycles. The van der Waals surface area contributed by atoms with E-state index in [2.05, 4.69) is 20.9 Å². The number of allylic oxidation sites excluding steroid dienone is 1. The quantitative estimate of drug-likeness (QED) is 0.391. The van der Waals surface area contributed by atoms with Crippen molar-refractivity contribution >= 4 is 50.6 Å². The lowest BCUT2D eigenvalue weighted by molar-refractivity contribution is -0.139. The van der Waals surface area contributed by atoms with Gasteiger partial charge in [0.2, 0.25) is 0 Å². The van der Waals surface area contributed by atoms with E-state index >= 15 is 0 Å². The molecule has 0 spiro atoms. The van der Waals surface area contributed by atoms with E-state index in [1.165, 1.54) is 11.3 Å². The summed E-state index contributed by atoms with van der Waals surface area (Å²) < 4.78 is 19.4. The zero-order valence-electron chi connectivity index (χ0n) is 20.0. The number of carbonyl (C=O) groups is 1. The fourth-order valence-electron chi connectivity index (χ4n) is 3.93. The highest BCUT2D eigenvalue weighted by Gasteiger charge is 2.35. The number of fused-ring (bicyclic) bond motifs is 1. The first kappa shape index (κ1) is 25.4. The normalized spacial score (nSPS) is 15.6. The summed E-state index contributed by atoms with van der Waals surface area (Å²) in [6.07, 6.45) is 1.89. The zero-order chi connectivity index (χ0) is 25.3. The van der Waals surface area contributed by atoms with Crippen molar-refractivity contribution in [2.45, 2.75) is 33.7 Å². The molecule has 2 aromatic heterocycles. The molecule has 35 heavy (non-hydrogen) atoms. The van der Waals surface area contributed by atoms with Crippen molar-refractivity contribution in [1.82, 2.24) is 4.57 Å². The molecule has 1 aromatic carbocycles. The topological polar surface area (TPSA) is 79.1 Å². The summed E-state index contributed by atoms with van der Waals surface area (Å²) in [7, 11) is 1.55. The van der Waals surface area contributed by atoms with Gasteiger partial charge in [0.1, 0.15) is 0 Å². The van der Waals surface area contributed by atoms with Crippen LogP contribution in [0, 0.1) is 6.92 Å². The Morgan fingerprint density at radius 2 is 2.00 bits per heavy atom. The van der Waals surface area contributed by atoms with E-state index in [-0.39, 0.29) is 12.2 Å². The predicted molar refractivity (Wildman–Crippen MR) is 141 cm³/mol. The first-order chi connectivity index (χ1) is 16.8. The average molecular weight is 578 g/mol. The molecule has 1 atom stereocenters. The largest absolute Gasteiger partial charge is 0.493 e. The molecule has 0 N–H and O–H groups in total. The smallest absolute Gasteiger partial charge is 0.338 e. The second kappa shape index (κ2) is 10.5.